The van der Waals surface area contributed by atoms with Crippen molar-refractivity contribution in [2.24, 2.45) is 11.8 Å². The third-order valence-electron chi connectivity index (χ3n) is 9.23. The van der Waals surface area contributed by atoms with E-state index in [-0.39, 0.29) is 50.2 Å². The Morgan fingerprint density at radius 3 is 2.02 bits per heavy atom. The van der Waals surface area contributed by atoms with E-state index in [1.54, 1.807) is 0 Å². The van der Waals surface area contributed by atoms with E-state index in [1.807, 2.05) is 57.4 Å². The Balaban J connectivity index is 0.000000234. The van der Waals surface area contributed by atoms with Crippen molar-refractivity contribution in [1.29, 1.82) is 0 Å². The molecule has 1 radical (unpaired) electrons. The number of carbonyl (C=O) groups excluding carboxylic acids is 1. The summed E-state index contributed by atoms with van der Waals surface area (Å²) in [5, 5.41) is 12.1. The molecule has 0 bridgehead atoms. The largest absolute Gasteiger partial charge is 0.512 e. The van der Waals surface area contributed by atoms with Crippen LogP contribution in [0.1, 0.15) is 53.4 Å². The normalized spacial score (nSPS) is 12.9. The molecule has 3 nitrogen and oxygen atoms in total. The maximum absolute atomic E-state index is 11.7. The fourth-order valence-corrected chi connectivity index (χ4v) is 8.99. The summed E-state index contributed by atoms with van der Waals surface area (Å²) >= 11 is 3.73. The molecule has 0 atom stereocenters. The quantitative estimate of drug-likeness (QED) is 0.0718. The molecule has 2 aliphatic heterocycles. The summed E-state index contributed by atoms with van der Waals surface area (Å²) < 4.78 is 0. The molecule has 0 amide bonds. The number of aliphatic hydroxyl groups excluding tert-OH is 1. The predicted molar refractivity (Wildman–Crippen MR) is 196 cm³/mol. The van der Waals surface area contributed by atoms with Crippen LogP contribution in [0.25, 0.3) is 22.0 Å². The molecular weight excluding hydrogens is 794 g/mol. The van der Waals surface area contributed by atoms with Crippen LogP contribution in [0.2, 0.25) is 0 Å². The predicted octanol–water partition coefficient (Wildman–Crippen LogP) is 9.01. The zero-order valence-electron chi connectivity index (χ0n) is 27.3. The van der Waals surface area contributed by atoms with Gasteiger partial charge in [-0.3, -0.25) is 4.79 Å². The van der Waals surface area contributed by atoms with Gasteiger partial charge < -0.3 is 10.1 Å². The Kier molecular flexibility index (Phi) is 11.9. The number of fused-ring (bicyclic) bond motifs is 5. The molecule has 47 heavy (non-hydrogen) atoms. The van der Waals surface area contributed by atoms with E-state index in [9.17, 15) is 9.90 Å². The van der Waals surface area contributed by atoms with Crippen molar-refractivity contribution in [2.45, 2.75) is 73.0 Å². The number of benzene rings is 4. The maximum Gasteiger partial charge on any atom is 0.227 e. The minimum Gasteiger partial charge on any atom is -0.512 e. The zero-order chi connectivity index (χ0) is 32.2. The molecule has 4 aromatic carbocycles. The minimum atomic E-state index is 0. The molecule has 5 aromatic rings. The first-order chi connectivity index (χ1) is 22.5. The van der Waals surface area contributed by atoms with Gasteiger partial charge in [-0.1, -0.05) is 115 Å². The van der Waals surface area contributed by atoms with E-state index in [1.165, 1.54) is 52.8 Å². The fourth-order valence-electron chi connectivity index (χ4n) is 6.51. The molecular formula is C40H39BIrNO2S2-. The molecule has 241 valence electrons. The molecule has 2 aliphatic rings. The maximum atomic E-state index is 11.7. The van der Waals surface area contributed by atoms with Crippen molar-refractivity contribution < 1.29 is 30.0 Å². The van der Waals surface area contributed by atoms with Crippen molar-refractivity contribution in [3.05, 3.63) is 109 Å². The van der Waals surface area contributed by atoms with Gasteiger partial charge in [-0.05, 0) is 64.1 Å². The summed E-state index contributed by atoms with van der Waals surface area (Å²) in [6, 6.07) is 34.1. The average Bonchev–Trinajstić information content (AvgIpc) is 3.09. The number of ketones is 1. The smallest absolute Gasteiger partial charge is 0.227 e. The van der Waals surface area contributed by atoms with E-state index < -0.39 is 0 Å². The second-order valence-corrected chi connectivity index (χ2v) is 14.0. The van der Waals surface area contributed by atoms with Gasteiger partial charge in [-0.15, -0.1) is 46.7 Å². The third kappa shape index (κ3) is 7.20. The van der Waals surface area contributed by atoms with Crippen molar-refractivity contribution in [3.8, 4) is 11.3 Å². The molecule has 0 saturated heterocycles. The molecule has 7 rings (SSSR count). The molecule has 0 unspecified atom stereocenters. The number of nitrogens with zero attached hydrogens (tertiary/aromatic N) is 1. The molecule has 0 aliphatic carbocycles. The Morgan fingerprint density at radius 1 is 0.809 bits per heavy atom. The van der Waals surface area contributed by atoms with Crippen LogP contribution < -0.4 is 16.4 Å². The van der Waals surface area contributed by atoms with Crippen LogP contribution in [0.5, 0.6) is 0 Å². The number of hydrogen-bond acceptors (Lipinski definition) is 5. The van der Waals surface area contributed by atoms with Crippen LogP contribution in [0.15, 0.2) is 123 Å². The van der Waals surface area contributed by atoms with Crippen molar-refractivity contribution in [3.63, 3.8) is 0 Å². The summed E-state index contributed by atoms with van der Waals surface area (Å²) in [4.78, 5) is 21.8. The van der Waals surface area contributed by atoms with Gasteiger partial charge in [0, 0.05) is 44.2 Å². The summed E-state index contributed by atoms with van der Waals surface area (Å²) in [5.41, 5.74) is 6.31. The van der Waals surface area contributed by atoms with Crippen LogP contribution >= 0.6 is 23.5 Å². The molecule has 1 N–H and O–H groups in total. The monoisotopic (exact) mass is 833 g/mol. The molecule has 1 aromatic heterocycles. The standard InChI is InChI=1S/C27H15BNS2.C13H24O2.Ir/c1-2-8-18-16-29-22(15-17(18)7-1)19-13-14-25-26-27(19)31-24-12-6-4-10-21(24)28(26)20-9-3-5-11-23(20)30-25;1-5-10(6-2)12(14)9-13(15)11(7-3)8-4;/h1-12,14-16H;9-11,14H,5-8H2,1-4H3;/q-1;;/b;12-9-;. The van der Waals surface area contributed by atoms with Crippen molar-refractivity contribution in [2.75, 3.05) is 0 Å². The van der Waals surface area contributed by atoms with Crippen LogP contribution in [0.4, 0.5) is 0 Å². The number of rotatable bonds is 8. The number of aliphatic hydroxyl groups is 1. The van der Waals surface area contributed by atoms with E-state index in [0.717, 1.165) is 36.9 Å². The van der Waals surface area contributed by atoms with Crippen LogP contribution in [0.3, 0.4) is 0 Å². The topological polar surface area (TPSA) is 50.2 Å². The SMILES string of the molecule is CCC(CC)C(=O)/C=C(\O)C(CC)CC.[Ir].[c-]1cc2c3c(c1-c1cc4ccccc4cn1)Sc1ccccc1B3c1ccccc1S2. The molecule has 3 heterocycles. The van der Waals surface area contributed by atoms with Crippen molar-refractivity contribution in [1.82, 2.24) is 4.98 Å². The third-order valence-corrected chi connectivity index (χ3v) is 11.6. The van der Waals surface area contributed by atoms with Gasteiger partial charge in [-0.25, -0.2) is 0 Å². The Bertz CT molecular complexity index is 1910. The van der Waals surface area contributed by atoms with Gasteiger partial charge in [-0.2, -0.15) is 0 Å². The summed E-state index contributed by atoms with van der Waals surface area (Å²) in [5.74, 6) is 0.547. The van der Waals surface area contributed by atoms with Crippen LogP contribution in [-0.4, -0.2) is 22.6 Å². The van der Waals surface area contributed by atoms with Crippen LogP contribution in [-0.2, 0) is 24.9 Å². The Hall–Kier alpha value is -3.09. The van der Waals surface area contributed by atoms with Gasteiger partial charge in [0.05, 0.1) is 5.76 Å². The first-order valence-corrected chi connectivity index (χ1v) is 18.0. The van der Waals surface area contributed by atoms with E-state index in [2.05, 4.69) is 91.0 Å². The van der Waals surface area contributed by atoms with Crippen LogP contribution in [0, 0.1) is 17.9 Å². The van der Waals surface area contributed by atoms with Gasteiger partial charge in [0.15, 0.2) is 5.78 Å². The molecule has 7 heteroatoms. The second kappa shape index (κ2) is 15.9. The van der Waals surface area contributed by atoms with E-state index in [0.29, 0.717) is 0 Å². The Labute approximate surface area is 301 Å². The van der Waals surface area contributed by atoms with Gasteiger partial charge in [0.2, 0.25) is 6.71 Å². The number of carbonyl (C=O) groups is 1. The number of hydrogen-bond donors (Lipinski definition) is 1. The Morgan fingerprint density at radius 2 is 1.38 bits per heavy atom. The van der Waals surface area contributed by atoms with Gasteiger partial charge in [0.1, 0.15) is 0 Å². The summed E-state index contributed by atoms with van der Waals surface area (Å²) in [6.45, 7) is 8.33. The number of aromatic nitrogens is 1. The fraction of sp³-hybridized carbons (Fsp3) is 0.250. The summed E-state index contributed by atoms with van der Waals surface area (Å²) in [6.07, 6.45) is 6.89. The van der Waals surface area contributed by atoms with Gasteiger partial charge >= 0.3 is 0 Å². The summed E-state index contributed by atoms with van der Waals surface area (Å²) in [7, 11) is 0. The van der Waals surface area contributed by atoms with E-state index in [4.69, 9.17) is 4.98 Å². The van der Waals surface area contributed by atoms with E-state index >= 15 is 0 Å². The molecule has 0 spiro atoms. The average molecular weight is 833 g/mol. The number of allylic oxidation sites excluding steroid dienone is 2. The number of pyridine rings is 1. The second-order valence-electron chi connectivity index (χ2n) is 11.9. The molecule has 0 saturated carbocycles. The van der Waals surface area contributed by atoms with Gasteiger partial charge in [0.25, 0.3) is 0 Å². The first-order valence-electron chi connectivity index (χ1n) is 16.4. The molecule has 0 fully saturated rings. The zero-order valence-corrected chi connectivity index (χ0v) is 31.3. The first kappa shape index (κ1) is 35.2. The van der Waals surface area contributed by atoms with Crippen molar-refractivity contribution >= 4 is 63.2 Å². The minimum absolute atomic E-state index is 0.